The summed E-state index contributed by atoms with van der Waals surface area (Å²) in [4.78, 5) is 30.3. The average Bonchev–Trinajstić information content (AvgIpc) is 3.52. The number of esters is 1. The Balaban J connectivity index is 1.77. The van der Waals surface area contributed by atoms with E-state index in [1.165, 1.54) is 0 Å². The minimum absolute atomic E-state index is 0.0379. The topological polar surface area (TPSA) is 118 Å². The minimum atomic E-state index is -1.26. The number of benzene rings is 1. The second kappa shape index (κ2) is 10.5. The first-order chi connectivity index (χ1) is 15.6. The lowest BCUT2D eigenvalue weighted by molar-refractivity contribution is -0.155. The molecule has 1 fully saturated rings. The van der Waals surface area contributed by atoms with E-state index >= 15 is 0 Å². The van der Waals surface area contributed by atoms with Crippen molar-refractivity contribution in [2.45, 2.75) is 83.1 Å². The number of aliphatic hydroxyl groups is 1. The first-order valence-electron chi connectivity index (χ1n) is 11.5. The maximum atomic E-state index is 13.2. The number of hydrogen-bond acceptors (Lipinski definition) is 8. The number of aliphatic hydroxyl groups excluding tert-OH is 1. The van der Waals surface area contributed by atoms with Crippen molar-refractivity contribution < 1.29 is 28.9 Å². The van der Waals surface area contributed by atoms with E-state index in [1.807, 2.05) is 32.9 Å². The third-order valence-electron chi connectivity index (χ3n) is 5.43. The summed E-state index contributed by atoms with van der Waals surface area (Å²) in [5.41, 5.74) is 4.63. The smallest absolute Gasteiger partial charge is 0.306 e. The summed E-state index contributed by atoms with van der Waals surface area (Å²) in [6.45, 7) is 7.70. The SMILES string of the molecule is C[C@@H]1OC(c2ccc(OCCCO)cc2)=N[C@]1(CCC(=O)OC(C)(C)C)C(=O)NNC1CC1. The van der Waals surface area contributed by atoms with Crippen molar-refractivity contribution in [3.63, 3.8) is 0 Å². The molecule has 33 heavy (non-hydrogen) atoms. The predicted octanol–water partition coefficient (Wildman–Crippen LogP) is 2.26. The van der Waals surface area contributed by atoms with Gasteiger partial charge in [0.2, 0.25) is 5.90 Å². The van der Waals surface area contributed by atoms with E-state index in [1.54, 1.807) is 19.1 Å². The van der Waals surface area contributed by atoms with Crippen LogP contribution >= 0.6 is 0 Å². The number of hydrogen-bond donors (Lipinski definition) is 3. The highest BCUT2D eigenvalue weighted by molar-refractivity contribution is 6.00. The molecule has 2 atom stereocenters. The number of rotatable bonds is 11. The van der Waals surface area contributed by atoms with Gasteiger partial charge in [-0.3, -0.25) is 15.0 Å². The molecule has 1 aliphatic carbocycles. The zero-order valence-corrected chi connectivity index (χ0v) is 19.8. The van der Waals surface area contributed by atoms with Crippen LogP contribution in [-0.4, -0.2) is 59.4 Å². The van der Waals surface area contributed by atoms with Crippen LogP contribution in [0.1, 0.15) is 65.4 Å². The molecule has 2 aliphatic rings. The molecular weight excluding hydrogens is 426 g/mol. The Hall–Kier alpha value is -2.65. The summed E-state index contributed by atoms with van der Waals surface area (Å²) >= 11 is 0. The molecule has 3 N–H and O–H groups in total. The summed E-state index contributed by atoms with van der Waals surface area (Å²) in [6, 6.07) is 7.47. The molecule has 0 bridgehead atoms. The molecule has 3 rings (SSSR count). The van der Waals surface area contributed by atoms with E-state index in [0.717, 1.165) is 12.8 Å². The number of hydrazine groups is 1. The van der Waals surface area contributed by atoms with Crippen LogP contribution in [0.5, 0.6) is 5.75 Å². The van der Waals surface area contributed by atoms with Gasteiger partial charge in [0.05, 0.1) is 6.61 Å². The number of carbonyl (C=O) groups is 2. The lowest BCUT2D eigenvalue weighted by Crippen LogP contribution is -2.55. The van der Waals surface area contributed by atoms with Crippen LogP contribution in [0.2, 0.25) is 0 Å². The number of nitrogens with zero attached hydrogens (tertiary/aromatic N) is 1. The van der Waals surface area contributed by atoms with Crippen molar-refractivity contribution in [1.82, 2.24) is 10.9 Å². The molecule has 0 spiro atoms. The largest absolute Gasteiger partial charge is 0.494 e. The van der Waals surface area contributed by atoms with Gasteiger partial charge in [-0.1, -0.05) is 0 Å². The van der Waals surface area contributed by atoms with E-state index in [-0.39, 0.29) is 37.4 Å². The highest BCUT2D eigenvalue weighted by atomic mass is 16.6. The Morgan fingerprint density at radius 1 is 1.24 bits per heavy atom. The van der Waals surface area contributed by atoms with Crippen molar-refractivity contribution >= 4 is 17.8 Å². The molecule has 0 radical (unpaired) electrons. The van der Waals surface area contributed by atoms with E-state index in [9.17, 15) is 9.59 Å². The highest BCUT2D eigenvalue weighted by Gasteiger charge is 2.50. The summed E-state index contributed by atoms with van der Waals surface area (Å²) in [5.74, 6) is 0.297. The molecule has 0 aromatic heterocycles. The number of aliphatic imine (C=N–C) groups is 1. The van der Waals surface area contributed by atoms with Crippen LogP contribution in [0.15, 0.2) is 29.3 Å². The van der Waals surface area contributed by atoms with Crippen molar-refractivity contribution in [3.05, 3.63) is 29.8 Å². The molecule has 1 aliphatic heterocycles. The Morgan fingerprint density at radius 2 is 1.94 bits per heavy atom. The van der Waals surface area contributed by atoms with Crippen LogP contribution in [0, 0.1) is 0 Å². The zero-order chi connectivity index (χ0) is 24.1. The van der Waals surface area contributed by atoms with Crippen LogP contribution < -0.4 is 15.6 Å². The van der Waals surface area contributed by atoms with E-state index in [0.29, 0.717) is 30.2 Å². The fourth-order valence-corrected chi connectivity index (χ4v) is 3.44. The molecule has 0 unspecified atom stereocenters. The Morgan fingerprint density at radius 3 is 2.55 bits per heavy atom. The summed E-state index contributed by atoms with van der Waals surface area (Å²) in [6.07, 6.45) is 2.20. The van der Waals surface area contributed by atoms with Gasteiger partial charge < -0.3 is 19.3 Å². The van der Waals surface area contributed by atoms with Crippen molar-refractivity contribution in [1.29, 1.82) is 0 Å². The Kier molecular flexibility index (Phi) is 7.97. The Bertz CT molecular complexity index is 860. The average molecular weight is 462 g/mol. The summed E-state index contributed by atoms with van der Waals surface area (Å²) in [5, 5.41) is 8.88. The van der Waals surface area contributed by atoms with E-state index in [2.05, 4.69) is 10.9 Å². The number of nitrogens with one attached hydrogen (secondary N) is 2. The first kappa shape index (κ1) is 25.0. The van der Waals surface area contributed by atoms with Gasteiger partial charge in [-0.25, -0.2) is 10.4 Å². The summed E-state index contributed by atoms with van der Waals surface area (Å²) < 4.78 is 17.0. The molecule has 1 saturated carbocycles. The Labute approximate surface area is 194 Å². The molecule has 9 nitrogen and oxygen atoms in total. The molecule has 1 aromatic carbocycles. The summed E-state index contributed by atoms with van der Waals surface area (Å²) in [7, 11) is 0. The second-order valence-corrected chi connectivity index (χ2v) is 9.51. The van der Waals surface area contributed by atoms with Gasteiger partial charge in [-0.05, 0) is 71.2 Å². The molecule has 182 valence electrons. The second-order valence-electron chi connectivity index (χ2n) is 9.51. The van der Waals surface area contributed by atoms with Crippen LogP contribution in [-0.2, 0) is 19.1 Å². The standard InChI is InChI=1S/C24H35N3O6/c1-16-24(22(30)27-26-18-8-9-18,13-12-20(29)33-23(2,3)4)25-21(32-16)17-6-10-19(11-7-17)31-15-5-14-28/h6-7,10-11,16,18,26,28H,5,8-9,12-15H2,1-4H3,(H,27,30)/t16-,24-/m0/s1. The molecular formula is C24H35N3O6. The van der Waals surface area contributed by atoms with Crippen LogP contribution in [0.4, 0.5) is 0 Å². The third kappa shape index (κ3) is 6.91. The fraction of sp³-hybridized carbons (Fsp3) is 0.625. The fourth-order valence-electron chi connectivity index (χ4n) is 3.44. The van der Waals surface area contributed by atoms with Gasteiger partial charge in [0.25, 0.3) is 5.91 Å². The van der Waals surface area contributed by atoms with Gasteiger partial charge in [-0.15, -0.1) is 0 Å². The predicted molar refractivity (Wildman–Crippen MR) is 123 cm³/mol. The zero-order valence-electron chi connectivity index (χ0n) is 19.8. The minimum Gasteiger partial charge on any atom is -0.494 e. The number of amides is 1. The lowest BCUT2D eigenvalue weighted by atomic mass is 9.88. The van der Waals surface area contributed by atoms with Crippen molar-refractivity contribution in [2.75, 3.05) is 13.2 Å². The van der Waals surface area contributed by atoms with Gasteiger partial charge in [0.15, 0.2) is 5.54 Å². The quantitative estimate of drug-likeness (QED) is 0.263. The first-order valence-corrected chi connectivity index (χ1v) is 11.5. The van der Waals surface area contributed by atoms with Gasteiger partial charge in [-0.2, -0.15) is 0 Å². The third-order valence-corrected chi connectivity index (χ3v) is 5.43. The van der Waals surface area contributed by atoms with E-state index in [4.69, 9.17) is 24.3 Å². The molecule has 1 aromatic rings. The molecule has 1 amide bonds. The van der Waals surface area contributed by atoms with Crippen LogP contribution in [0.25, 0.3) is 0 Å². The highest BCUT2D eigenvalue weighted by Crippen LogP contribution is 2.34. The maximum Gasteiger partial charge on any atom is 0.306 e. The molecule has 0 saturated heterocycles. The lowest BCUT2D eigenvalue weighted by Gasteiger charge is -2.28. The monoisotopic (exact) mass is 461 g/mol. The van der Waals surface area contributed by atoms with Crippen LogP contribution in [0.3, 0.4) is 0 Å². The van der Waals surface area contributed by atoms with Gasteiger partial charge >= 0.3 is 5.97 Å². The molecule has 9 heteroatoms. The number of carbonyl (C=O) groups excluding carboxylic acids is 2. The van der Waals surface area contributed by atoms with Crippen molar-refractivity contribution in [2.24, 2.45) is 4.99 Å². The molecule has 1 heterocycles. The van der Waals surface area contributed by atoms with Gasteiger partial charge in [0, 0.05) is 31.1 Å². The van der Waals surface area contributed by atoms with Gasteiger partial charge in [0.1, 0.15) is 17.5 Å². The maximum absolute atomic E-state index is 13.2. The van der Waals surface area contributed by atoms with E-state index < -0.39 is 17.2 Å². The normalized spacial score (nSPS) is 22.3. The van der Waals surface area contributed by atoms with Crippen molar-refractivity contribution in [3.8, 4) is 5.75 Å². The number of ether oxygens (including phenoxy) is 3.